The van der Waals surface area contributed by atoms with Crippen LogP contribution in [0.5, 0.6) is 0 Å². The molecule has 2 aromatic heterocycles. The Bertz CT molecular complexity index is 951. The highest BCUT2D eigenvalue weighted by atomic mass is 16.4. The number of benzene rings is 1. The summed E-state index contributed by atoms with van der Waals surface area (Å²) < 4.78 is 0. The highest BCUT2D eigenvalue weighted by Gasteiger charge is 2.11. The Labute approximate surface area is 129 Å². The number of aromatic amines is 1. The number of hydrogen-bond donors (Lipinski definition) is 3. The highest BCUT2D eigenvalue weighted by Crippen LogP contribution is 2.22. The van der Waals surface area contributed by atoms with Crippen LogP contribution in [0.15, 0.2) is 35.3 Å². The summed E-state index contributed by atoms with van der Waals surface area (Å²) in [5.41, 5.74) is 6.10. The minimum Gasteiger partial charge on any atom is -0.478 e. The molecule has 0 spiro atoms. The minimum atomic E-state index is -1.00. The van der Waals surface area contributed by atoms with Crippen molar-refractivity contribution in [1.82, 2.24) is 19.9 Å². The highest BCUT2D eigenvalue weighted by molar-refractivity contribution is 5.88. The summed E-state index contributed by atoms with van der Waals surface area (Å²) in [7, 11) is 1.73. The maximum Gasteiger partial charge on any atom is 0.335 e. The fourth-order valence-electron chi connectivity index (χ4n) is 2.05. The van der Waals surface area contributed by atoms with Crippen molar-refractivity contribution in [3.05, 3.63) is 46.4 Å². The number of fused-ring (bicyclic) bond motifs is 1. The van der Waals surface area contributed by atoms with E-state index in [4.69, 9.17) is 10.8 Å². The molecular formula is C14H12N6O3. The summed E-state index contributed by atoms with van der Waals surface area (Å²) in [6, 6.07) is 6.25. The number of aromatic nitrogens is 4. The molecule has 0 fully saturated rings. The average molecular weight is 312 g/mol. The normalized spacial score (nSPS) is 10.7. The number of nitrogens with zero attached hydrogens (tertiary/aromatic N) is 4. The van der Waals surface area contributed by atoms with Gasteiger partial charge in [-0.25, -0.2) is 14.8 Å². The molecule has 3 aromatic rings. The Balaban J connectivity index is 2.02. The van der Waals surface area contributed by atoms with Crippen LogP contribution in [0, 0.1) is 0 Å². The Hall–Kier alpha value is -3.49. The molecule has 3 rings (SSSR count). The molecule has 0 amide bonds. The maximum atomic E-state index is 11.8. The van der Waals surface area contributed by atoms with Crippen molar-refractivity contribution in [3.63, 3.8) is 0 Å². The quantitative estimate of drug-likeness (QED) is 0.644. The number of anilines is 3. The summed E-state index contributed by atoms with van der Waals surface area (Å²) in [4.78, 5) is 39.0. The van der Waals surface area contributed by atoms with Crippen molar-refractivity contribution in [2.45, 2.75) is 0 Å². The number of H-pyrrole nitrogens is 1. The van der Waals surface area contributed by atoms with Crippen LogP contribution < -0.4 is 16.2 Å². The summed E-state index contributed by atoms with van der Waals surface area (Å²) in [6.07, 6.45) is 1.48. The number of nitrogens with two attached hydrogens (primary N) is 1. The fourth-order valence-corrected chi connectivity index (χ4v) is 2.05. The van der Waals surface area contributed by atoms with Crippen LogP contribution in [0.3, 0.4) is 0 Å². The van der Waals surface area contributed by atoms with Gasteiger partial charge in [0.25, 0.3) is 0 Å². The second-order valence-corrected chi connectivity index (χ2v) is 4.76. The molecule has 4 N–H and O–H groups in total. The molecule has 0 aliphatic rings. The Morgan fingerprint density at radius 2 is 1.96 bits per heavy atom. The van der Waals surface area contributed by atoms with Crippen molar-refractivity contribution >= 4 is 34.6 Å². The SMILES string of the molecule is CN(c1ccc(C(=O)O)cc1)c1cnc2[nH]c(N)nc(=O)c2n1. The second-order valence-electron chi connectivity index (χ2n) is 4.76. The van der Waals surface area contributed by atoms with Gasteiger partial charge in [-0.2, -0.15) is 4.98 Å². The lowest BCUT2D eigenvalue weighted by atomic mass is 10.2. The van der Waals surface area contributed by atoms with Crippen LogP contribution in [-0.4, -0.2) is 38.1 Å². The first kappa shape index (κ1) is 14.4. The van der Waals surface area contributed by atoms with Crippen molar-refractivity contribution < 1.29 is 9.90 Å². The van der Waals surface area contributed by atoms with E-state index >= 15 is 0 Å². The Morgan fingerprint density at radius 3 is 2.61 bits per heavy atom. The van der Waals surface area contributed by atoms with Gasteiger partial charge in [-0.15, -0.1) is 0 Å². The topological polar surface area (TPSA) is 138 Å². The van der Waals surface area contributed by atoms with Gasteiger partial charge in [0.05, 0.1) is 11.8 Å². The van der Waals surface area contributed by atoms with E-state index in [1.807, 2.05) is 0 Å². The van der Waals surface area contributed by atoms with E-state index in [9.17, 15) is 9.59 Å². The zero-order valence-corrected chi connectivity index (χ0v) is 12.0. The van der Waals surface area contributed by atoms with E-state index in [0.717, 1.165) is 0 Å². The van der Waals surface area contributed by atoms with Gasteiger partial charge in [-0.05, 0) is 24.3 Å². The molecule has 1 aromatic carbocycles. The molecule has 0 aliphatic carbocycles. The van der Waals surface area contributed by atoms with E-state index in [1.165, 1.54) is 18.3 Å². The fraction of sp³-hybridized carbons (Fsp3) is 0.0714. The molecule has 116 valence electrons. The van der Waals surface area contributed by atoms with Crippen molar-refractivity contribution in [3.8, 4) is 0 Å². The number of carbonyl (C=O) groups is 1. The number of aromatic carboxylic acids is 1. The molecule has 2 heterocycles. The summed E-state index contributed by atoms with van der Waals surface area (Å²) >= 11 is 0. The zero-order chi connectivity index (χ0) is 16.6. The van der Waals surface area contributed by atoms with E-state index < -0.39 is 11.5 Å². The third kappa shape index (κ3) is 2.67. The van der Waals surface area contributed by atoms with Gasteiger partial charge in [0.15, 0.2) is 17.0 Å². The van der Waals surface area contributed by atoms with Gasteiger partial charge in [-0.1, -0.05) is 0 Å². The molecule has 9 heteroatoms. The molecule has 9 nitrogen and oxygen atoms in total. The zero-order valence-electron chi connectivity index (χ0n) is 12.0. The lowest BCUT2D eigenvalue weighted by Gasteiger charge is -2.18. The summed E-state index contributed by atoms with van der Waals surface area (Å²) in [5, 5.41) is 8.91. The molecule has 0 unspecified atom stereocenters. The van der Waals surface area contributed by atoms with E-state index in [1.54, 1.807) is 24.1 Å². The van der Waals surface area contributed by atoms with Gasteiger partial charge in [0.1, 0.15) is 0 Å². The first-order valence-corrected chi connectivity index (χ1v) is 6.55. The number of carboxylic acids is 1. The van der Waals surface area contributed by atoms with Crippen molar-refractivity contribution in [2.75, 3.05) is 17.7 Å². The van der Waals surface area contributed by atoms with Gasteiger partial charge >= 0.3 is 11.5 Å². The Morgan fingerprint density at radius 1 is 1.26 bits per heavy atom. The van der Waals surface area contributed by atoms with Crippen molar-refractivity contribution in [1.29, 1.82) is 0 Å². The molecular weight excluding hydrogens is 300 g/mol. The van der Waals surface area contributed by atoms with E-state index in [0.29, 0.717) is 11.5 Å². The lowest BCUT2D eigenvalue weighted by molar-refractivity contribution is 0.0697. The molecule has 0 bridgehead atoms. The number of nitrogen functional groups attached to an aromatic ring is 1. The van der Waals surface area contributed by atoms with E-state index in [2.05, 4.69) is 19.9 Å². The first-order valence-electron chi connectivity index (χ1n) is 6.55. The summed E-state index contributed by atoms with van der Waals surface area (Å²) in [6.45, 7) is 0. The van der Waals surface area contributed by atoms with Gasteiger partial charge in [-0.3, -0.25) is 4.79 Å². The van der Waals surface area contributed by atoms with Crippen LogP contribution in [0.1, 0.15) is 10.4 Å². The largest absolute Gasteiger partial charge is 0.478 e. The molecule has 0 saturated heterocycles. The van der Waals surface area contributed by atoms with Crippen LogP contribution in [0.4, 0.5) is 17.5 Å². The molecule has 0 radical (unpaired) electrons. The minimum absolute atomic E-state index is 0.0258. The van der Waals surface area contributed by atoms with E-state index in [-0.39, 0.29) is 22.7 Å². The Kier molecular flexibility index (Phi) is 3.37. The van der Waals surface area contributed by atoms with Crippen LogP contribution in [0.25, 0.3) is 11.2 Å². The molecule has 0 aliphatic heterocycles. The van der Waals surface area contributed by atoms with Crippen LogP contribution in [0.2, 0.25) is 0 Å². The predicted octanol–water partition coefficient (Wildman–Crippen LogP) is 0.761. The molecule has 0 atom stereocenters. The van der Waals surface area contributed by atoms with Crippen LogP contribution >= 0.6 is 0 Å². The summed E-state index contributed by atoms with van der Waals surface area (Å²) in [5.74, 6) is -0.611. The first-order chi connectivity index (χ1) is 11.0. The molecule has 0 saturated carbocycles. The third-order valence-corrected chi connectivity index (χ3v) is 3.28. The number of carboxylic acid groups (broad SMARTS) is 1. The maximum absolute atomic E-state index is 11.8. The van der Waals surface area contributed by atoms with Gasteiger partial charge in [0, 0.05) is 12.7 Å². The predicted molar refractivity (Wildman–Crippen MR) is 83.8 cm³/mol. The average Bonchev–Trinajstić information content (AvgIpc) is 2.54. The van der Waals surface area contributed by atoms with Crippen LogP contribution in [-0.2, 0) is 0 Å². The number of hydrogen-bond acceptors (Lipinski definition) is 7. The third-order valence-electron chi connectivity index (χ3n) is 3.28. The van der Waals surface area contributed by atoms with Gasteiger partial charge < -0.3 is 20.7 Å². The smallest absolute Gasteiger partial charge is 0.335 e. The second kappa shape index (κ2) is 5.37. The van der Waals surface area contributed by atoms with Gasteiger partial charge in [0.2, 0.25) is 5.95 Å². The number of rotatable bonds is 3. The molecule has 23 heavy (non-hydrogen) atoms. The monoisotopic (exact) mass is 312 g/mol. The number of nitrogens with one attached hydrogen (secondary N) is 1. The standard InChI is InChI=1S/C14H12N6O3/c1-20(8-4-2-7(3-5-8)13(22)23)9-6-16-11-10(17-9)12(21)19-14(15)18-11/h2-6H,1H3,(H,22,23)(H3,15,16,18,19,21). The van der Waals surface area contributed by atoms with Crippen molar-refractivity contribution in [2.24, 2.45) is 0 Å². The lowest BCUT2D eigenvalue weighted by Crippen LogP contribution is -2.17.